The van der Waals surface area contributed by atoms with E-state index in [-0.39, 0.29) is 5.97 Å². The lowest BCUT2D eigenvalue weighted by Crippen LogP contribution is -2.46. The summed E-state index contributed by atoms with van der Waals surface area (Å²) in [5.41, 5.74) is 0. The summed E-state index contributed by atoms with van der Waals surface area (Å²) in [4.78, 5) is 41.7. The Morgan fingerprint density at radius 1 is 0.893 bits per heavy atom. The average molecular weight is 403 g/mol. The first kappa shape index (κ1) is 27.8. The molecule has 0 unspecified atom stereocenters. The van der Waals surface area contributed by atoms with Gasteiger partial charge in [0.1, 0.15) is 12.1 Å². The molecule has 0 bridgehead atoms. The minimum absolute atomic E-state index is 0.314. The molecule has 0 amide bonds. The predicted molar refractivity (Wildman–Crippen MR) is 103 cm³/mol. The molecule has 9 nitrogen and oxygen atoms in total. The quantitative estimate of drug-likeness (QED) is 0.195. The summed E-state index contributed by atoms with van der Waals surface area (Å²) < 4.78 is 4.99. The van der Waals surface area contributed by atoms with E-state index in [4.69, 9.17) is 20.1 Å². The van der Waals surface area contributed by atoms with Crippen molar-refractivity contribution in [1.82, 2.24) is 5.32 Å². The number of nitrogens with one attached hydrogen (secondary N) is 1. The van der Waals surface area contributed by atoms with Gasteiger partial charge < -0.3 is 20.1 Å². The molecule has 0 fully saturated rings. The van der Waals surface area contributed by atoms with Crippen LogP contribution < -0.4 is 5.32 Å². The molecule has 0 saturated heterocycles. The minimum atomic E-state index is -1.26. The highest BCUT2D eigenvalue weighted by molar-refractivity contribution is 5.89. The molecule has 0 aromatic carbocycles. The number of unbranched alkanes of at least 4 members (excludes halogenated alkanes) is 5. The number of carboxylic acid groups (broad SMARTS) is 3. The van der Waals surface area contributed by atoms with Crippen molar-refractivity contribution in [3.63, 3.8) is 0 Å². The van der Waals surface area contributed by atoms with Gasteiger partial charge >= 0.3 is 23.9 Å². The molecule has 0 aromatic heterocycles. The summed E-state index contributed by atoms with van der Waals surface area (Å²) in [7, 11) is 0. The van der Waals surface area contributed by atoms with Crippen LogP contribution in [0.3, 0.4) is 0 Å². The van der Waals surface area contributed by atoms with Crippen molar-refractivity contribution in [2.45, 2.75) is 77.8 Å². The molecule has 0 radical (unpaired) electrons. The maximum Gasteiger partial charge on any atom is 0.328 e. The molecule has 0 rings (SSSR count). The Bertz CT molecular complexity index is 488. The van der Waals surface area contributed by atoms with Gasteiger partial charge in [0.2, 0.25) is 0 Å². The van der Waals surface area contributed by atoms with E-state index in [9.17, 15) is 19.2 Å². The molecule has 0 aromatic rings. The number of rotatable bonds is 14. The van der Waals surface area contributed by atoms with Gasteiger partial charge in [0.05, 0.1) is 6.61 Å². The topological polar surface area (TPSA) is 150 Å². The lowest BCUT2D eigenvalue weighted by atomic mass is 10.0. The Morgan fingerprint density at radius 2 is 1.39 bits per heavy atom. The minimum Gasteiger partial charge on any atom is -0.480 e. The Kier molecular flexibility index (Phi) is 17.8. The maximum atomic E-state index is 11.8. The van der Waals surface area contributed by atoms with E-state index in [0.29, 0.717) is 25.2 Å². The molecule has 0 heterocycles. The largest absolute Gasteiger partial charge is 0.480 e. The van der Waals surface area contributed by atoms with Gasteiger partial charge in [0, 0.05) is 12.2 Å². The highest BCUT2D eigenvalue weighted by Crippen LogP contribution is 2.10. The van der Waals surface area contributed by atoms with E-state index in [1.807, 2.05) is 0 Å². The van der Waals surface area contributed by atoms with Gasteiger partial charge in [-0.2, -0.15) is 0 Å². The molecule has 0 spiro atoms. The number of aliphatic carboxylic acids is 3. The van der Waals surface area contributed by atoms with E-state index in [2.05, 4.69) is 12.2 Å². The molecular weight excluding hydrogens is 370 g/mol. The molecule has 0 aliphatic heterocycles. The summed E-state index contributed by atoms with van der Waals surface area (Å²) in [6, 6.07) is -1.27. The fourth-order valence-electron chi connectivity index (χ4n) is 2.16. The van der Waals surface area contributed by atoms with Gasteiger partial charge in [-0.3, -0.25) is 14.9 Å². The van der Waals surface area contributed by atoms with Crippen LogP contribution in [0.4, 0.5) is 0 Å². The standard InChI is InChI=1S/C15H29NO4.C4H4O4/c1-4-6-7-8-9-10-11-13(15(19)20-5-2)16-12(3)14(17)18;5-3(6)1-2-4(7)8/h12-13,16H,4-11H2,1-3H3,(H,17,18);1-2H,(H,5,6)(H,7,8)/b;2-1-/t12-,13-;/m0./s1. The molecule has 9 heteroatoms. The lowest BCUT2D eigenvalue weighted by Gasteiger charge is -2.19. The number of carbonyl (C=O) groups is 4. The van der Waals surface area contributed by atoms with Crippen LogP contribution >= 0.6 is 0 Å². The van der Waals surface area contributed by atoms with Gasteiger partial charge in [0.25, 0.3) is 0 Å². The van der Waals surface area contributed by atoms with E-state index in [0.717, 1.165) is 19.3 Å². The van der Waals surface area contributed by atoms with E-state index in [1.165, 1.54) is 26.2 Å². The van der Waals surface area contributed by atoms with Crippen LogP contribution in [0.5, 0.6) is 0 Å². The summed E-state index contributed by atoms with van der Waals surface area (Å²) in [6.45, 7) is 5.78. The second kappa shape index (κ2) is 18.0. The van der Waals surface area contributed by atoms with Crippen molar-refractivity contribution >= 4 is 23.9 Å². The van der Waals surface area contributed by atoms with Gasteiger partial charge in [-0.05, 0) is 20.3 Å². The third-order valence-electron chi connectivity index (χ3n) is 3.61. The van der Waals surface area contributed by atoms with Crippen molar-refractivity contribution in [2.75, 3.05) is 6.61 Å². The zero-order valence-corrected chi connectivity index (χ0v) is 16.8. The van der Waals surface area contributed by atoms with Gasteiger partial charge in [-0.15, -0.1) is 0 Å². The molecule has 0 aliphatic rings. The third-order valence-corrected chi connectivity index (χ3v) is 3.61. The Hall–Kier alpha value is -2.42. The molecule has 28 heavy (non-hydrogen) atoms. The zero-order chi connectivity index (χ0) is 21.9. The van der Waals surface area contributed by atoms with Crippen molar-refractivity contribution < 1.29 is 39.2 Å². The number of carbonyl (C=O) groups excluding carboxylic acids is 1. The van der Waals surface area contributed by atoms with Crippen LogP contribution in [-0.4, -0.2) is 57.9 Å². The van der Waals surface area contributed by atoms with Crippen LogP contribution in [0, 0.1) is 0 Å². The first-order valence-electron chi connectivity index (χ1n) is 9.45. The monoisotopic (exact) mass is 403 g/mol. The van der Waals surface area contributed by atoms with Crippen LogP contribution in [0.25, 0.3) is 0 Å². The molecular formula is C19H33NO8. The van der Waals surface area contributed by atoms with Crippen LogP contribution in [0.15, 0.2) is 12.2 Å². The summed E-state index contributed by atoms with van der Waals surface area (Å²) in [6.07, 6.45) is 8.56. The lowest BCUT2D eigenvalue weighted by molar-refractivity contribution is -0.147. The van der Waals surface area contributed by atoms with Crippen LogP contribution in [0.2, 0.25) is 0 Å². The van der Waals surface area contributed by atoms with Crippen molar-refractivity contribution in [1.29, 1.82) is 0 Å². The highest BCUT2D eigenvalue weighted by Gasteiger charge is 2.23. The molecule has 0 aliphatic carbocycles. The Labute approximate surface area is 165 Å². The van der Waals surface area contributed by atoms with E-state index < -0.39 is 30.0 Å². The molecule has 162 valence electrons. The number of hydrogen-bond donors (Lipinski definition) is 4. The molecule has 0 saturated carbocycles. The predicted octanol–water partition coefficient (Wildman–Crippen LogP) is 2.44. The van der Waals surface area contributed by atoms with Crippen molar-refractivity contribution in [3.8, 4) is 0 Å². The zero-order valence-electron chi connectivity index (χ0n) is 16.8. The number of hydrogen-bond acceptors (Lipinski definition) is 6. The summed E-state index contributed by atoms with van der Waals surface area (Å²) in [5, 5.41) is 27.4. The highest BCUT2D eigenvalue weighted by atomic mass is 16.5. The average Bonchev–Trinajstić information content (AvgIpc) is 2.62. The summed E-state index contributed by atoms with van der Waals surface area (Å²) >= 11 is 0. The second-order valence-electron chi connectivity index (χ2n) is 6.10. The van der Waals surface area contributed by atoms with E-state index >= 15 is 0 Å². The van der Waals surface area contributed by atoms with Gasteiger partial charge in [-0.25, -0.2) is 9.59 Å². The third kappa shape index (κ3) is 18.4. The second-order valence-corrected chi connectivity index (χ2v) is 6.10. The van der Waals surface area contributed by atoms with Crippen LogP contribution in [-0.2, 0) is 23.9 Å². The fraction of sp³-hybridized carbons (Fsp3) is 0.684. The SMILES string of the molecule is CCCCCCCC[C@H](N[C@@H](C)C(=O)O)C(=O)OCC.O=C(O)/C=C\C(=O)O. The van der Waals surface area contributed by atoms with E-state index in [1.54, 1.807) is 6.92 Å². The van der Waals surface area contributed by atoms with Crippen LogP contribution in [0.1, 0.15) is 65.7 Å². The first-order valence-corrected chi connectivity index (χ1v) is 9.45. The first-order chi connectivity index (χ1) is 13.1. The van der Waals surface area contributed by atoms with Crippen molar-refractivity contribution in [3.05, 3.63) is 12.2 Å². The smallest absolute Gasteiger partial charge is 0.328 e. The number of esters is 1. The van der Waals surface area contributed by atoms with Gasteiger partial charge in [-0.1, -0.05) is 45.4 Å². The van der Waals surface area contributed by atoms with Crippen molar-refractivity contribution in [2.24, 2.45) is 0 Å². The normalized spacial score (nSPS) is 12.5. The fourth-order valence-corrected chi connectivity index (χ4v) is 2.16. The molecule has 2 atom stereocenters. The summed E-state index contributed by atoms with van der Waals surface area (Å²) in [5.74, 6) is -3.82. The number of ether oxygens (including phenoxy) is 1. The number of carboxylic acids is 3. The Balaban J connectivity index is 0. The maximum absolute atomic E-state index is 11.8. The Morgan fingerprint density at radius 3 is 1.82 bits per heavy atom. The van der Waals surface area contributed by atoms with Gasteiger partial charge in [0.15, 0.2) is 0 Å². The molecule has 4 N–H and O–H groups in total.